The Balaban J connectivity index is 1.78. The van der Waals surface area contributed by atoms with Gasteiger partial charge in [-0.1, -0.05) is 41.9 Å². The second-order valence-electron chi connectivity index (χ2n) is 7.08. The van der Waals surface area contributed by atoms with Gasteiger partial charge in [-0.15, -0.1) is 0 Å². The monoisotopic (exact) mass is 418 g/mol. The predicted molar refractivity (Wildman–Crippen MR) is 119 cm³/mol. The van der Waals surface area contributed by atoms with E-state index in [4.69, 9.17) is 11.6 Å². The molecular weight excluding hydrogens is 399 g/mol. The number of anilines is 1. The van der Waals surface area contributed by atoms with Crippen LogP contribution in [0.15, 0.2) is 66.2 Å². The molecule has 1 amide bonds. The van der Waals surface area contributed by atoms with Gasteiger partial charge in [0.1, 0.15) is 17.5 Å². The fraction of sp³-hybridized carbons (Fsp3) is 0.120. The minimum Gasteiger partial charge on any atom is -0.321 e. The number of amides is 1. The Morgan fingerprint density at radius 3 is 2.57 bits per heavy atom. The topological polar surface area (TPSA) is 52.9 Å². The maximum atomic E-state index is 13.4. The van der Waals surface area contributed by atoms with Crippen molar-refractivity contribution in [1.29, 1.82) is 5.26 Å². The molecular formula is C25H20ClFN2O. The van der Waals surface area contributed by atoms with Crippen molar-refractivity contribution in [2.75, 3.05) is 5.32 Å². The molecule has 0 atom stereocenters. The number of aryl methyl sites for hydroxylation is 2. The molecule has 5 heteroatoms. The normalized spacial score (nSPS) is 11.1. The number of hydrogen-bond acceptors (Lipinski definition) is 2. The highest BCUT2D eigenvalue weighted by molar-refractivity contribution is 6.31. The SMILES string of the molecule is Cc1ccc(NC(=O)/C(C#N)=C/c2ccc(Cc3cccc(F)c3)c(Cl)c2)cc1C. The second kappa shape index (κ2) is 9.39. The van der Waals surface area contributed by atoms with Crippen molar-refractivity contribution >= 4 is 29.3 Å². The number of carbonyl (C=O) groups is 1. The quantitative estimate of drug-likeness (QED) is 0.394. The van der Waals surface area contributed by atoms with Gasteiger partial charge < -0.3 is 5.32 Å². The Hall–Kier alpha value is -3.42. The summed E-state index contributed by atoms with van der Waals surface area (Å²) < 4.78 is 13.4. The molecule has 0 aliphatic heterocycles. The summed E-state index contributed by atoms with van der Waals surface area (Å²) in [5.74, 6) is -0.780. The average molecular weight is 419 g/mol. The van der Waals surface area contributed by atoms with Crippen molar-refractivity contribution in [2.45, 2.75) is 20.3 Å². The molecule has 0 heterocycles. The van der Waals surface area contributed by atoms with Gasteiger partial charge in [0, 0.05) is 10.7 Å². The number of rotatable bonds is 5. The van der Waals surface area contributed by atoms with Crippen LogP contribution in [-0.2, 0) is 11.2 Å². The molecule has 3 aromatic carbocycles. The first-order valence-electron chi connectivity index (χ1n) is 9.39. The lowest BCUT2D eigenvalue weighted by molar-refractivity contribution is -0.112. The average Bonchev–Trinajstić information content (AvgIpc) is 2.71. The highest BCUT2D eigenvalue weighted by atomic mass is 35.5. The Morgan fingerprint density at radius 1 is 1.10 bits per heavy atom. The molecule has 0 saturated carbocycles. The van der Waals surface area contributed by atoms with Crippen molar-refractivity contribution in [1.82, 2.24) is 0 Å². The number of nitrogens with zero attached hydrogens (tertiary/aromatic N) is 1. The predicted octanol–water partition coefficient (Wildman–Crippen LogP) is 6.23. The maximum absolute atomic E-state index is 13.4. The van der Waals surface area contributed by atoms with Crippen molar-refractivity contribution < 1.29 is 9.18 Å². The number of hydrogen-bond donors (Lipinski definition) is 1. The van der Waals surface area contributed by atoms with Gasteiger partial charge in [0.2, 0.25) is 0 Å². The van der Waals surface area contributed by atoms with Crippen LogP contribution in [0.4, 0.5) is 10.1 Å². The van der Waals surface area contributed by atoms with E-state index in [2.05, 4.69) is 5.32 Å². The molecule has 0 fully saturated rings. The molecule has 0 aromatic heterocycles. The fourth-order valence-electron chi connectivity index (χ4n) is 3.00. The molecule has 3 nitrogen and oxygen atoms in total. The standard InChI is InChI=1S/C25H20ClFN2O/c1-16-6-9-23(10-17(16)2)29-25(30)21(15-28)12-19-7-8-20(24(26)14-19)11-18-4-3-5-22(27)13-18/h3-10,12-14H,11H2,1-2H3,(H,29,30)/b21-12+. The van der Waals surface area contributed by atoms with Gasteiger partial charge in [-0.2, -0.15) is 5.26 Å². The Bertz CT molecular complexity index is 1180. The smallest absolute Gasteiger partial charge is 0.266 e. The second-order valence-corrected chi connectivity index (χ2v) is 7.49. The fourth-order valence-corrected chi connectivity index (χ4v) is 3.25. The van der Waals surface area contributed by atoms with E-state index in [0.29, 0.717) is 22.7 Å². The van der Waals surface area contributed by atoms with Crippen LogP contribution in [0.3, 0.4) is 0 Å². The third-order valence-electron chi connectivity index (χ3n) is 4.80. The van der Waals surface area contributed by atoms with E-state index in [1.54, 1.807) is 24.3 Å². The Kier molecular flexibility index (Phi) is 6.66. The zero-order valence-corrected chi connectivity index (χ0v) is 17.4. The highest BCUT2D eigenvalue weighted by Gasteiger charge is 2.11. The van der Waals surface area contributed by atoms with Gasteiger partial charge in [0.15, 0.2) is 0 Å². The van der Waals surface area contributed by atoms with E-state index >= 15 is 0 Å². The summed E-state index contributed by atoms with van der Waals surface area (Å²) >= 11 is 6.38. The third kappa shape index (κ3) is 5.34. The van der Waals surface area contributed by atoms with Crippen LogP contribution < -0.4 is 5.32 Å². The molecule has 0 aliphatic rings. The summed E-state index contributed by atoms with van der Waals surface area (Å²) in [5.41, 5.74) is 5.06. The molecule has 0 bridgehead atoms. The molecule has 0 spiro atoms. The molecule has 0 radical (unpaired) electrons. The van der Waals surface area contributed by atoms with Crippen LogP contribution in [0.5, 0.6) is 0 Å². The molecule has 0 saturated heterocycles. The maximum Gasteiger partial charge on any atom is 0.266 e. The summed E-state index contributed by atoms with van der Waals surface area (Å²) in [5, 5.41) is 12.7. The minimum atomic E-state index is -0.485. The first-order valence-corrected chi connectivity index (χ1v) is 9.77. The Labute approximate surface area is 180 Å². The van der Waals surface area contributed by atoms with Gasteiger partial charge in [-0.25, -0.2) is 4.39 Å². The third-order valence-corrected chi connectivity index (χ3v) is 5.15. The van der Waals surface area contributed by atoms with Crippen molar-refractivity contribution in [2.24, 2.45) is 0 Å². The van der Waals surface area contributed by atoms with Gasteiger partial charge in [0.25, 0.3) is 5.91 Å². The van der Waals surface area contributed by atoms with Crippen LogP contribution in [0.1, 0.15) is 27.8 Å². The summed E-state index contributed by atoms with van der Waals surface area (Å²) in [6.07, 6.45) is 1.98. The van der Waals surface area contributed by atoms with Crippen molar-refractivity contribution in [3.63, 3.8) is 0 Å². The lowest BCUT2D eigenvalue weighted by Crippen LogP contribution is -2.13. The number of carbonyl (C=O) groups excluding carboxylic acids is 1. The molecule has 1 N–H and O–H groups in total. The zero-order valence-electron chi connectivity index (χ0n) is 16.7. The Morgan fingerprint density at radius 2 is 1.90 bits per heavy atom. The van der Waals surface area contributed by atoms with E-state index in [0.717, 1.165) is 22.3 Å². The lowest BCUT2D eigenvalue weighted by Gasteiger charge is -2.08. The number of halogens is 2. The number of nitrogens with one attached hydrogen (secondary N) is 1. The first kappa shape index (κ1) is 21.3. The van der Waals surface area contributed by atoms with Gasteiger partial charge in [-0.05, 0) is 84.5 Å². The first-order chi connectivity index (χ1) is 14.4. The molecule has 0 aliphatic carbocycles. The lowest BCUT2D eigenvalue weighted by atomic mass is 10.0. The highest BCUT2D eigenvalue weighted by Crippen LogP contribution is 2.23. The molecule has 3 rings (SSSR count). The van der Waals surface area contributed by atoms with Crippen LogP contribution in [0, 0.1) is 31.0 Å². The summed E-state index contributed by atoms with van der Waals surface area (Å²) in [4.78, 5) is 12.5. The summed E-state index contributed by atoms with van der Waals surface area (Å²) in [6.45, 7) is 3.95. The van der Waals surface area contributed by atoms with Crippen molar-refractivity contribution in [3.05, 3.63) is 105 Å². The molecule has 3 aromatic rings. The summed E-state index contributed by atoms with van der Waals surface area (Å²) in [7, 11) is 0. The van der Waals surface area contributed by atoms with Crippen LogP contribution >= 0.6 is 11.6 Å². The molecule has 150 valence electrons. The van der Waals surface area contributed by atoms with E-state index in [9.17, 15) is 14.4 Å². The van der Waals surface area contributed by atoms with E-state index in [-0.39, 0.29) is 11.4 Å². The largest absolute Gasteiger partial charge is 0.321 e. The number of benzene rings is 3. The minimum absolute atomic E-state index is 0.0258. The van der Waals surface area contributed by atoms with E-state index in [1.165, 1.54) is 18.2 Å². The van der Waals surface area contributed by atoms with Crippen LogP contribution in [-0.4, -0.2) is 5.91 Å². The van der Waals surface area contributed by atoms with Gasteiger partial charge in [0.05, 0.1) is 0 Å². The molecule has 0 unspecified atom stereocenters. The van der Waals surface area contributed by atoms with Crippen molar-refractivity contribution in [3.8, 4) is 6.07 Å². The van der Waals surface area contributed by atoms with E-state index < -0.39 is 5.91 Å². The molecule has 30 heavy (non-hydrogen) atoms. The van der Waals surface area contributed by atoms with Crippen LogP contribution in [0.25, 0.3) is 6.08 Å². The van der Waals surface area contributed by atoms with Crippen LogP contribution in [0.2, 0.25) is 5.02 Å². The van der Waals surface area contributed by atoms with Gasteiger partial charge >= 0.3 is 0 Å². The van der Waals surface area contributed by atoms with E-state index in [1.807, 2.05) is 44.2 Å². The summed E-state index contributed by atoms with van der Waals surface area (Å²) in [6, 6.07) is 19.1. The zero-order chi connectivity index (χ0) is 21.7. The van der Waals surface area contributed by atoms with Gasteiger partial charge in [-0.3, -0.25) is 4.79 Å². The number of nitriles is 1.